The van der Waals surface area contributed by atoms with Gasteiger partial charge < -0.3 is 9.47 Å². The van der Waals surface area contributed by atoms with Gasteiger partial charge in [0.1, 0.15) is 0 Å². The Kier molecular flexibility index (Phi) is 5.41. The third-order valence-electron chi connectivity index (χ3n) is 3.85. The van der Waals surface area contributed by atoms with Crippen LogP contribution in [0.5, 0.6) is 0 Å². The molecule has 0 radical (unpaired) electrons. The van der Waals surface area contributed by atoms with Crippen molar-refractivity contribution in [2.45, 2.75) is 51.7 Å². The van der Waals surface area contributed by atoms with Gasteiger partial charge in [0.2, 0.25) is 0 Å². The first-order chi connectivity index (χ1) is 9.20. The van der Waals surface area contributed by atoms with Gasteiger partial charge in [0, 0.05) is 13.5 Å². The van der Waals surface area contributed by atoms with E-state index in [-0.39, 0.29) is 6.29 Å². The van der Waals surface area contributed by atoms with Crippen LogP contribution in [0.3, 0.4) is 0 Å². The second-order valence-electron chi connectivity index (χ2n) is 5.92. The Morgan fingerprint density at radius 2 is 2.05 bits per heavy atom. The Balaban J connectivity index is 1.98. The summed E-state index contributed by atoms with van der Waals surface area (Å²) in [6.07, 6.45) is 4.65. The zero-order valence-corrected chi connectivity index (χ0v) is 12.4. The Hall–Kier alpha value is -0.860. The average Bonchev–Trinajstić information content (AvgIpc) is 2.43. The van der Waals surface area contributed by atoms with Crippen molar-refractivity contribution in [1.82, 2.24) is 0 Å². The maximum Gasteiger partial charge on any atom is 0.157 e. The van der Waals surface area contributed by atoms with E-state index in [0.717, 1.165) is 13.0 Å². The van der Waals surface area contributed by atoms with E-state index in [4.69, 9.17) is 9.47 Å². The van der Waals surface area contributed by atoms with E-state index in [2.05, 4.69) is 38.1 Å². The van der Waals surface area contributed by atoms with Crippen molar-refractivity contribution in [3.05, 3.63) is 35.4 Å². The second-order valence-corrected chi connectivity index (χ2v) is 5.92. The fourth-order valence-electron chi connectivity index (χ4n) is 2.86. The number of benzene rings is 1. The molecule has 0 spiro atoms. The lowest BCUT2D eigenvalue weighted by Crippen LogP contribution is -2.23. The lowest BCUT2D eigenvalue weighted by molar-refractivity contribution is -0.137. The largest absolute Gasteiger partial charge is 0.356 e. The number of aryl methyl sites for hydroxylation is 1. The van der Waals surface area contributed by atoms with Gasteiger partial charge in [-0.15, -0.1) is 0 Å². The molecule has 0 amide bonds. The van der Waals surface area contributed by atoms with E-state index in [9.17, 15) is 0 Å². The van der Waals surface area contributed by atoms with E-state index < -0.39 is 0 Å². The van der Waals surface area contributed by atoms with Crippen LogP contribution in [0.2, 0.25) is 0 Å². The van der Waals surface area contributed by atoms with Crippen LogP contribution in [0, 0.1) is 5.92 Å². The van der Waals surface area contributed by atoms with Gasteiger partial charge in [-0.05, 0) is 42.2 Å². The first kappa shape index (κ1) is 14.5. The fraction of sp³-hybridized carbons (Fsp3) is 0.647. The quantitative estimate of drug-likeness (QED) is 0.717. The number of hydrogen-bond donors (Lipinski definition) is 0. The summed E-state index contributed by atoms with van der Waals surface area (Å²) in [4.78, 5) is 0. The van der Waals surface area contributed by atoms with Gasteiger partial charge in [-0.25, -0.2) is 0 Å². The van der Waals surface area contributed by atoms with E-state index in [1.807, 2.05) is 0 Å². The molecular weight excluding hydrogens is 236 g/mol. The molecule has 0 saturated carbocycles. The van der Waals surface area contributed by atoms with Crippen LogP contribution < -0.4 is 0 Å². The van der Waals surface area contributed by atoms with Crippen LogP contribution in [-0.2, 0) is 15.9 Å². The van der Waals surface area contributed by atoms with Crippen molar-refractivity contribution in [2.24, 2.45) is 5.92 Å². The molecule has 0 saturated heterocycles. The Bertz CT molecular complexity index is 387. The Morgan fingerprint density at radius 3 is 2.79 bits per heavy atom. The lowest BCUT2D eigenvalue weighted by atomic mass is 9.81. The zero-order valence-electron chi connectivity index (χ0n) is 12.4. The number of ether oxygens (including phenoxy) is 2. The maximum atomic E-state index is 5.85. The van der Waals surface area contributed by atoms with Crippen molar-refractivity contribution >= 4 is 0 Å². The topological polar surface area (TPSA) is 18.5 Å². The third kappa shape index (κ3) is 4.05. The molecule has 0 N–H and O–H groups in total. The number of fused-ring (bicyclic) bond motifs is 1. The summed E-state index contributed by atoms with van der Waals surface area (Å²) in [5, 5.41) is 0. The molecule has 19 heavy (non-hydrogen) atoms. The summed E-state index contributed by atoms with van der Waals surface area (Å²) in [5.74, 6) is 1.14. The van der Waals surface area contributed by atoms with Gasteiger partial charge in [0.05, 0.1) is 6.61 Å². The van der Waals surface area contributed by atoms with Crippen LogP contribution >= 0.6 is 0 Å². The van der Waals surface area contributed by atoms with Crippen LogP contribution in [0.1, 0.15) is 50.2 Å². The summed E-state index contributed by atoms with van der Waals surface area (Å²) in [6, 6.07) is 8.82. The molecule has 0 heterocycles. The number of methoxy groups -OCH3 is 1. The minimum absolute atomic E-state index is 0.0708. The fourth-order valence-corrected chi connectivity index (χ4v) is 2.86. The van der Waals surface area contributed by atoms with Crippen molar-refractivity contribution in [3.8, 4) is 0 Å². The molecule has 1 aliphatic carbocycles. The van der Waals surface area contributed by atoms with Crippen LogP contribution in [0.25, 0.3) is 0 Å². The molecule has 2 nitrogen and oxygen atoms in total. The van der Waals surface area contributed by atoms with E-state index >= 15 is 0 Å². The summed E-state index contributed by atoms with van der Waals surface area (Å²) in [5.41, 5.74) is 3.02. The standard InChI is InChI=1S/C17H26O2/c1-13(2)12-19-17(18-3)11-15-9-6-8-14-7-4-5-10-16(14)15/h4-5,7,10,13,15,17H,6,8-9,11-12H2,1-3H3. The molecule has 1 aromatic carbocycles. The first-order valence-electron chi connectivity index (χ1n) is 7.43. The first-order valence-corrected chi connectivity index (χ1v) is 7.43. The predicted octanol–water partition coefficient (Wildman–Crippen LogP) is 4.14. The summed E-state index contributed by atoms with van der Waals surface area (Å²) in [7, 11) is 1.75. The molecule has 2 heteroatoms. The molecule has 106 valence electrons. The molecule has 1 aliphatic rings. The molecule has 0 aromatic heterocycles. The normalized spacial score (nSPS) is 20.3. The average molecular weight is 262 g/mol. The van der Waals surface area contributed by atoms with E-state index in [1.165, 1.54) is 30.4 Å². The van der Waals surface area contributed by atoms with Gasteiger partial charge in [-0.2, -0.15) is 0 Å². The van der Waals surface area contributed by atoms with Gasteiger partial charge >= 0.3 is 0 Å². The molecule has 1 aromatic rings. The van der Waals surface area contributed by atoms with Crippen molar-refractivity contribution in [2.75, 3.05) is 13.7 Å². The highest BCUT2D eigenvalue weighted by Gasteiger charge is 2.23. The molecule has 0 aliphatic heterocycles. The molecule has 0 bridgehead atoms. The Labute approximate surface area is 117 Å². The van der Waals surface area contributed by atoms with E-state index in [1.54, 1.807) is 7.11 Å². The van der Waals surface area contributed by atoms with Crippen LogP contribution in [0.4, 0.5) is 0 Å². The molecular formula is C17H26O2. The lowest BCUT2D eigenvalue weighted by Gasteiger charge is -2.28. The highest BCUT2D eigenvalue weighted by atomic mass is 16.7. The van der Waals surface area contributed by atoms with Crippen molar-refractivity contribution in [1.29, 1.82) is 0 Å². The number of hydrogen-bond acceptors (Lipinski definition) is 2. The highest BCUT2D eigenvalue weighted by Crippen LogP contribution is 2.35. The smallest absolute Gasteiger partial charge is 0.157 e. The summed E-state index contributed by atoms with van der Waals surface area (Å²) in [6.45, 7) is 5.11. The maximum absolute atomic E-state index is 5.85. The highest BCUT2D eigenvalue weighted by molar-refractivity contribution is 5.32. The monoisotopic (exact) mass is 262 g/mol. The van der Waals surface area contributed by atoms with Crippen molar-refractivity contribution < 1.29 is 9.47 Å². The minimum atomic E-state index is -0.0708. The predicted molar refractivity (Wildman–Crippen MR) is 78.3 cm³/mol. The van der Waals surface area contributed by atoms with Crippen LogP contribution in [-0.4, -0.2) is 20.0 Å². The molecule has 2 unspecified atom stereocenters. The van der Waals surface area contributed by atoms with Gasteiger partial charge in [0.15, 0.2) is 6.29 Å². The molecule has 2 rings (SSSR count). The number of rotatable bonds is 6. The summed E-state index contributed by atoms with van der Waals surface area (Å²) < 4.78 is 11.3. The second kappa shape index (κ2) is 7.06. The third-order valence-corrected chi connectivity index (χ3v) is 3.85. The van der Waals surface area contributed by atoms with Crippen molar-refractivity contribution in [3.63, 3.8) is 0 Å². The van der Waals surface area contributed by atoms with Crippen LogP contribution in [0.15, 0.2) is 24.3 Å². The minimum Gasteiger partial charge on any atom is -0.356 e. The SMILES string of the molecule is COC(CC1CCCc2ccccc21)OCC(C)C. The Morgan fingerprint density at radius 1 is 1.26 bits per heavy atom. The van der Waals surface area contributed by atoms with E-state index in [0.29, 0.717) is 11.8 Å². The zero-order chi connectivity index (χ0) is 13.7. The van der Waals surface area contributed by atoms with Gasteiger partial charge in [-0.3, -0.25) is 0 Å². The summed E-state index contributed by atoms with van der Waals surface area (Å²) >= 11 is 0. The van der Waals surface area contributed by atoms with Gasteiger partial charge in [-0.1, -0.05) is 38.1 Å². The van der Waals surface area contributed by atoms with Gasteiger partial charge in [0.25, 0.3) is 0 Å². The molecule has 2 atom stereocenters. The molecule has 0 fully saturated rings.